The first-order valence-corrected chi connectivity index (χ1v) is 12.9. The van der Waals surface area contributed by atoms with Crippen molar-refractivity contribution in [3.63, 3.8) is 0 Å². The largest absolute Gasteiger partial charge is 0.313 e. The van der Waals surface area contributed by atoms with E-state index in [1.807, 2.05) is 6.92 Å². The minimum Gasteiger partial charge on any atom is -0.313 e. The third-order valence-electron chi connectivity index (χ3n) is 8.85. The van der Waals surface area contributed by atoms with Crippen LogP contribution >= 0.6 is 0 Å². The summed E-state index contributed by atoms with van der Waals surface area (Å²) in [6, 6.07) is 0.554. The predicted octanol–water partition coefficient (Wildman–Crippen LogP) is 6.89. The van der Waals surface area contributed by atoms with Gasteiger partial charge >= 0.3 is 0 Å². The van der Waals surface area contributed by atoms with E-state index in [9.17, 15) is 9.18 Å². The van der Waals surface area contributed by atoms with Crippen molar-refractivity contribution in [3.05, 3.63) is 11.6 Å². The summed E-state index contributed by atoms with van der Waals surface area (Å²) in [6.07, 6.45) is 14.1. The quantitative estimate of drug-likeness (QED) is 0.455. The van der Waals surface area contributed by atoms with Gasteiger partial charge < -0.3 is 5.32 Å². The highest BCUT2D eigenvalue weighted by atomic mass is 19.1. The molecule has 8 unspecified atom stereocenters. The molecule has 1 N–H and O–H groups in total. The highest BCUT2D eigenvalue weighted by molar-refractivity contribution is 5.81. The number of Topliss-reactive ketones (excluding diaryl/α,β-unsaturated/α-hetero) is 1. The van der Waals surface area contributed by atoms with Crippen LogP contribution in [0.1, 0.15) is 98.3 Å². The number of alkyl halides is 1. The second-order valence-corrected chi connectivity index (χ2v) is 11.1. The van der Waals surface area contributed by atoms with E-state index in [-0.39, 0.29) is 11.8 Å². The molecule has 0 aromatic rings. The first-order chi connectivity index (χ1) is 14.4. The molecule has 172 valence electrons. The molecule has 3 rings (SSSR count). The number of hydrogen-bond donors (Lipinski definition) is 1. The van der Waals surface area contributed by atoms with Gasteiger partial charge in [0.2, 0.25) is 0 Å². The summed E-state index contributed by atoms with van der Waals surface area (Å²) in [5.41, 5.74) is 1.56. The first-order valence-electron chi connectivity index (χ1n) is 12.9. The fraction of sp³-hybridized carbons (Fsp3) is 0.889. The molecule has 2 nitrogen and oxygen atoms in total. The third-order valence-corrected chi connectivity index (χ3v) is 8.85. The maximum atomic E-state index is 14.4. The zero-order valence-corrected chi connectivity index (χ0v) is 20.0. The Bertz CT molecular complexity index is 575. The molecule has 30 heavy (non-hydrogen) atoms. The van der Waals surface area contributed by atoms with E-state index < -0.39 is 6.17 Å². The Morgan fingerprint density at radius 1 is 1.13 bits per heavy atom. The number of nitrogens with one attached hydrogen (secondary N) is 1. The Labute approximate surface area is 184 Å². The van der Waals surface area contributed by atoms with E-state index in [1.54, 1.807) is 5.57 Å². The van der Waals surface area contributed by atoms with Gasteiger partial charge in [-0.3, -0.25) is 4.79 Å². The first kappa shape index (κ1) is 24.0. The van der Waals surface area contributed by atoms with Crippen LogP contribution in [0, 0.1) is 35.5 Å². The van der Waals surface area contributed by atoms with Crippen molar-refractivity contribution in [1.82, 2.24) is 5.32 Å². The van der Waals surface area contributed by atoms with Crippen molar-refractivity contribution < 1.29 is 9.18 Å². The van der Waals surface area contributed by atoms with Crippen molar-refractivity contribution in [2.45, 2.75) is 111 Å². The van der Waals surface area contributed by atoms with E-state index in [2.05, 4.69) is 32.2 Å². The molecule has 1 heterocycles. The summed E-state index contributed by atoms with van der Waals surface area (Å²) in [4.78, 5) is 12.6. The number of halogens is 1. The average molecular weight is 420 g/mol. The monoisotopic (exact) mass is 419 g/mol. The second kappa shape index (κ2) is 11.2. The molecule has 0 aromatic carbocycles. The van der Waals surface area contributed by atoms with Crippen LogP contribution < -0.4 is 5.32 Å². The summed E-state index contributed by atoms with van der Waals surface area (Å²) in [5.74, 6) is 3.09. The lowest BCUT2D eigenvalue weighted by Crippen LogP contribution is -2.47. The molecule has 2 aliphatic carbocycles. The lowest BCUT2D eigenvalue weighted by Gasteiger charge is -2.39. The summed E-state index contributed by atoms with van der Waals surface area (Å²) in [6.45, 7) is 9.42. The predicted molar refractivity (Wildman–Crippen MR) is 124 cm³/mol. The van der Waals surface area contributed by atoms with Crippen LogP contribution in [0.25, 0.3) is 0 Å². The number of ketones is 1. The zero-order chi connectivity index (χ0) is 21.7. The normalized spacial score (nSPS) is 40.5. The number of allylic oxidation sites excluding steroid dienone is 2. The van der Waals surface area contributed by atoms with Gasteiger partial charge in [0.05, 0.1) is 0 Å². The fourth-order valence-corrected chi connectivity index (χ4v) is 6.50. The van der Waals surface area contributed by atoms with E-state index in [4.69, 9.17) is 0 Å². The minimum absolute atomic E-state index is 0.172. The Morgan fingerprint density at radius 2 is 1.93 bits per heavy atom. The number of rotatable bonds is 7. The maximum Gasteiger partial charge on any atom is 0.137 e. The summed E-state index contributed by atoms with van der Waals surface area (Å²) in [7, 11) is 0. The van der Waals surface area contributed by atoms with E-state index in [0.29, 0.717) is 36.0 Å². The van der Waals surface area contributed by atoms with Gasteiger partial charge in [-0.1, -0.05) is 38.8 Å². The zero-order valence-electron chi connectivity index (χ0n) is 20.0. The van der Waals surface area contributed by atoms with Gasteiger partial charge in [-0.2, -0.15) is 0 Å². The van der Waals surface area contributed by atoms with Crippen molar-refractivity contribution >= 4 is 5.78 Å². The van der Waals surface area contributed by atoms with Crippen LogP contribution in [-0.2, 0) is 4.79 Å². The van der Waals surface area contributed by atoms with Gasteiger partial charge in [0.15, 0.2) is 0 Å². The number of carbonyl (C=O) groups is 1. The smallest absolute Gasteiger partial charge is 0.137 e. The highest BCUT2D eigenvalue weighted by Gasteiger charge is 2.37. The molecule has 3 aliphatic rings. The van der Waals surface area contributed by atoms with Crippen molar-refractivity contribution in [2.75, 3.05) is 6.54 Å². The fourth-order valence-electron chi connectivity index (χ4n) is 6.50. The molecule has 3 heteroatoms. The molecule has 8 atom stereocenters. The van der Waals surface area contributed by atoms with Crippen molar-refractivity contribution in [2.24, 2.45) is 35.5 Å². The van der Waals surface area contributed by atoms with Gasteiger partial charge in [-0.05, 0) is 94.3 Å². The standard InChI is InChI=1S/C27H46FNO/c1-5-27(30)25-17-29-24(14-21-8-6-7-18(2)9-10-21)16-23(25)12-11-22-13-19(3)20(4)26(28)15-22/h7,19-26,29H,5-6,8-17H2,1-4H3. The minimum atomic E-state index is -0.639. The van der Waals surface area contributed by atoms with Gasteiger partial charge in [0.1, 0.15) is 12.0 Å². The Hall–Kier alpha value is -0.700. The average Bonchev–Trinajstić information content (AvgIpc) is 2.94. The van der Waals surface area contributed by atoms with Gasteiger partial charge in [-0.25, -0.2) is 4.39 Å². The number of carbonyl (C=O) groups excluding carboxylic acids is 1. The van der Waals surface area contributed by atoms with Gasteiger partial charge in [0, 0.05) is 24.9 Å². The van der Waals surface area contributed by atoms with Crippen LogP contribution in [-0.4, -0.2) is 24.5 Å². The molecular weight excluding hydrogens is 373 g/mol. The van der Waals surface area contributed by atoms with E-state index in [1.165, 1.54) is 32.1 Å². The van der Waals surface area contributed by atoms with Crippen LogP contribution in [0.15, 0.2) is 11.6 Å². The molecule has 0 bridgehead atoms. The van der Waals surface area contributed by atoms with Crippen LogP contribution in [0.3, 0.4) is 0 Å². The van der Waals surface area contributed by atoms with Crippen molar-refractivity contribution in [3.8, 4) is 0 Å². The lowest BCUT2D eigenvalue weighted by atomic mass is 9.70. The summed E-state index contributed by atoms with van der Waals surface area (Å²) in [5, 5.41) is 3.75. The van der Waals surface area contributed by atoms with Crippen LogP contribution in [0.5, 0.6) is 0 Å². The Kier molecular flexibility index (Phi) is 8.98. The Morgan fingerprint density at radius 3 is 2.67 bits per heavy atom. The maximum absolute atomic E-state index is 14.4. The number of hydrogen-bond acceptors (Lipinski definition) is 2. The van der Waals surface area contributed by atoms with Gasteiger partial charge in [-0.15, -0.1) is 0 Å². The van der Waals surface area contributed by atoms with Crippen molar-refractivity contribution in [1.29, 1.82) is 0 Å². The highest BCUT2D eigenvalue weighted by Crippen LogP contribution is 2.40. The second-order valence-electron chi connectivity index (χ2n) is 11.1. The number of piperidine rings is 1. The third kappa shape index (κ3) is 6.40. The topological polar surface area (TPSA) is 29.1 Å². The van der Waals surface area contributed by atoms with Gasteiger partial charge in [0.25, 0.3) is 0 Å². The molecule has 0 radical (unpaired) electrons. The van der Waals surface area contributed by atoms with Crippen LogP contribution in [0.4, 0.5) is 4.39 Å². The van der Waals surface area contributed by atoms with E-state index in [0.717, 1.165) is 44.6 Å². The molecule has 0 spiro atoms. The molecular formula is C27H46FNO. The van der Waals surface area contributed by atoms with Crippen LogP contribution in [0.2, 0.25) is 0 Å². The molecule has 1 saturated heterocycles. The molecule has 2 fully saturated rings. The summed E-state index contributed by atoms with van der Waals surface area (Å²) < 4.78 is 14.4. The SMILES string of the molecule is CCC(=O)C1CNC(CC2CCC=C(C)CC2)CC1CCC1CC(C)C(C)C(F)C1. The Balaban J connectivity index is 1.55. The molecule has 1 saturated carbocycles. The molecule has 0 aromatic heterocycles. The molecule has 0 amide bonds. The molecule has 1 aliphatic heterocycles. The lowest BCUT2D eigenvalue weighted by molar-refractivity contribution is -0.125. The summed E-state index contributed by atoms with van der Waals surface area (Å²) >= 11 is 0. The van der Waals surface area contributed by atoms with E-state index >= 15 is 0 Å².